The average molecular weight is 633 g/mol. The first kappa shape index (κ1) is 37.7. The molecule has 0 fully saturated rings. The fraction of sp³-hybridized carbons (Fsp3) is 0.324. The van der Waals surface area contributed by atoms with Crippen molar-refractivity contribution in [1.82, 2.24) is 15.2 Å². The van der Waals surface area contributed by atoms with Gasteiger partial charge in [0.05, 0.1) is 11.8 Å². The van der Waals surface area contributed by atoms with E-state index in [4.69, 9.17) is 5.73 Å². The first-order valence-electron chi connectivity index (χ1n) is 15.4. The van der Waals surface area contributed by atoms with Crippen LogP contribution >= 0.6 is 0 Å². The second kappa shape index (κ2) is 19.1. The maximum atomic E-state index is 13.8. The van der Waals surface area contributed by atoms with Gasteiger partial charge in [0.2, 0.25) is 0 Å². The molecule has 4 N–H and O–H groups in total. The van der Waals surface area contributed by atoms with Gasteiger partial charge in [0.15, 0.2) is 0 Å². The van der Waals surface area contributed by atoms with Crippen molar-refractivity contribution in [2.75, 3.05) is 19.6 Å². The van der Waals surface area contributed by atoms with E-state index in [0.29, 0.717) is 23.2 Å². The number of aryl methyl sites for hydroxylation is 1. The Morgan fingerprint density at radius 3 is 2.33 bits per heavy atom. The molecule has 2 atom stereocenters. The molecule has 0 aliphatic heterocycles. The van der Waals surface area contributed by atoms with Crippen LogP contribution in [0.25, 0.3) is 5.57 Å². The highest BCUT2D eigenvalue weighted by Gasteiger charge is 2.25. The lowest BCUT2D eigenvalue weighted by Gasteiger charge is -2.29. The van der Waals surface area contributed by atoms with Crippen molar-refractivity contribution in [2.45, 2.75) is 59.6 Å². The number of halogens is 2. The fourth-order valence-electron chi connectivity index (χ4n) is 4.52. The number of carbonyl (C=O) groups excluding carboxylic acids is 2. The third-order valence-corrected chi connectivity index (χ3v) is 6.62. The number of hydrogen-bond acceptors (Lipinski definition) is 5. The highest BCUT2D eigenvalue weighted by atomic mass is 19.1. The summed E-state index contributed by atoms with van der Waals surface area (Å²) in [6.45, 7) is 14.1. The summed E-state index contributed by atoms with van der Waals surface area (Å²) in [4.78, 5) is 32.0. The molecule has 0 saturated carbocycles. The van der Waals surface area contributed by atoms with Crippen LogP contribution in [0.2, 0.25) is 0 Å². The van der Waals surface area contributed by atoms with Gasteiger partial charge in [0, 0.05) is 49.1 Å². The van der Waals surface area contributed by atoms with Crippen LogP contribution in [0.5, 0.6) is 0 Å². The maximum Gasteiger partial charge on any atom is 0.254 e. The normalized spacial score (nSPS) is 12.6. The van der Waals surface area contributed by atoms with Crippen LogP contribution in [0.3, 0.4) is 0 Å². The number of amides is 2. The lowest BCUT2D eigenvalue weighted by atomic mass is 10.0. The van der Waals surface area contributed by atoms with Crippen LogP contribution in [-0.2, 0) is 6.42 Å². The summed E-state index contributed by atoms with van der Waals surface area (Å²) in [7, 11) is 0. The quantitative estimate of drug-likeness (QED) is 0.189. The van der Waals surface area contributed by atoms with Crippen LogP contribution in [0, 0.1) is 18.6 Å². The van der Waals surface area contributed by atoms with Crippen molar-refractivity contribution in [3.8, 4) is 0 Å². The van der Waals surface area contributed by atoms with E-state index < -0.39 is 29.7 Å². The number of allylic oxidation sites excluding steroid dienone is 4. The van der Waals surface area contributed by atoms with E-state index in [2.05, 4.69) is 30.7 Å². The molecule has 9 heteroatoms. The molecular formula is C37H46F2N4O3. The van der Waals surface area contributed by atoms with Gasteiger partial charge in [-0.05, 0) is 86.4 Å². The minimum Gasteiger partial charge on any atom is -0.390 e. The van der Waals surface area contributed by atoms with Crippen LogP contribution in [0.15, 0.2) is 91.2 Å². The van der Waals surface area contributed by atoms with Crippen molar-refractivity contribution in [1.29, 1.82) is 0 Å². The van der Waals surface area contributed by atoms with Gasteiger partial charge in [0.1, 0.15) is 11.6 Å². The predicted molar refractivity (Wildman–Crippen MR) is 181 cm³/mol. The van der Waals surface area contributed by atoms with Gasteiger partial charge in [-0.25, -0.2) is 8.78 Å². The number of aliphatic hydroxyl groups is 1. The van der Waals surface area contributed by atoms with Crippen molar-refractivity contribution in [3.63, 3.8) is 0 Å². The topological polar surface area (TPSA) is 109 Å². The Morgan fingerprint density at radius 2 is 1.72 bits per heavy atom. The third kappa shape index (κ3) is 12.5. The Hall–Kier alpha value is -4.47. The van der Waals surface area contributed by atoms with Crippen LogP contribution in [0.1, 0.15) is 71.7 Å². The van der Waals surface area contributed by atoms with Gasteiger partial charge < -0.3 is 21.1 Å². The summed E-state index contributed by atoms with van der Waals surface area (Å²) in [5, 5.41) is 13.8. The molecule has 3 aromatic rings. The van der Waals surface area contributed by atoms with E-state index in [-0.39, 0.29) is 31.0 Å². The third-order valence-electron chi connectivity index (χ3n) is 6.62. The molecule has 0 bridgehead atoms. The van der Waals surface area contributed by atoms with Gasteiger partial charge >= 0.3 is 0 Å². The molecule has 2 amide bonds. The number of pyridine rings is 1. The highest BCUT2D eigenvalue weighted by molar-refractivity contribution is 6.00. The van der Waals surface area contributed by atoms with E-state index in [1.165, 1.54) is 17.4 Å². The molecule has 0 unspecified atom stereocenters. The van der Waals surface area contributed by atoms with E-state index in [9.17, 15) is 23.5 Å². The number of carbonyl (C=O) groups is 2. The molecule has 0 aliphatic carbocycles. The number of rotatable bonds is 13. The minimum absolute atomic E-state index is 0.00312. The molecule has 0 radical (unpaired) electrons. The van der Waals surface area contributed by atoms with Gasteiger partial charge in [0.25, 0.3) is 11.8 Å². The molecule has 0 saturated heterocycles. The number of hydrogen-bond donors (Lipinski definition) is 3. The van der Waals surface area contributed by atoms with Gasteiger partial charge in [-0.1, -0.05) is 56.7 Å². The molecule has 46 heavy (non-hydrogen) atoms. The smallest absolute Gasteiger partial charge is 0.254 e. The molecule has 1 aromatic heterocycles. The Morgan fingerprint density at radius 1 is 1.07 bits per heavy atom. The van der Waals surface area contributed by atoms with E-state index in [1.54, 1.807) is 44.3 Å². The molecule has 0 aliphatic rings. The summed E-state index contributed by atoms with van der Waals surface area (Å²) in [5.74, 6) is -2.19. The lowest BCUT2D eigenvalue weighted by molar-refractivity contribution is 0.0596. The predicted octanol–water partition coefficient (Wildman–Crippen LogP) is 6.42. The van der Waals surface area contributed by atoms with Crippen molar-refractivity contribution >= 4 is 17.4 Å². The molecule has 0 spiro atoms. The first-order valence-corrected chi connectivity index (χ1v) is 15.4. The van der Waals surface area contributed by atoms with Gasteiger partial charge in [-0.3, -0.25) is 14.6 Å². The molecule has 3 rings (SSSR count). The van der Waals surface area contributed by atoms with Gasteiger partial charge in [-0.15, -0.1) is 0 Å². The highest BCUT2D eigenvalue weighted by Crippen LogP contribution is 2.17. The standard InChI is InChI=1S/C34H38F2N4O3.C3H8/c1-5-38-33(42)26-13-23(3)14-27(18-26)34(43)40(20-22(2)9-8-10-24(4)31-11-6-7-12-39-31)21-32(41)30(37)17-25-15-28(35)19-29(36)16-25;1-3-2/h6-16,18-19,30,32,41H,4-5,17,20-21,37H2,1-3H3,(H,38,42);3H2,1-2H3/b10-8-,22-9+;/t30-,32+;/m0./s1. The molecule has 7 nitrogen and oxygen atoms in total. The summed E-state index contributed by atoms with van der Waals surface area (Å²) in [6, 6.07) is 12.6. The summed E-state index contributed by atoms with van der Waals surface area (Å²) >= 11 is 0. The number of aliphatic hydroxyl groups excluding tert-OH is 1. The Balaban J connectivity index is 0.00000236. The van der Waals surface area contributed by atoms with Crippen molar-refractivity contribution in [3.05, 3.63) is 131 Å². The van der Waals surface area contributed by atoms with Crippen LogP contribution < -0.4 is 11.1 Å². The molecule has 246 valence electrons. The number of nitrogens with one attached hydrogen (secondary N) is 1. The number of aromatic nitrogens is 1. The lowest BCUT2D eigenvalue weighted by Crippen LogP contribution is -2.47. The summed E-state index contributed by atoms with van der Waals surface area (Å²) in [6.07, 6.45) is 7.15. The monoisotopic (exact) mass is 632 g/mol. The van der Waals surface area contributed by atoms with Crippen LogP contribution in [0.4, 0.5) is 8.78 Å². The fourth-order valence-corrected chi connectivity index (χ4v) is 4.52. The van der Waals surface area contributed by atoms with Crippen molar-refractivity contribution < 1.29 is 23.5 Å². The number of nitrogens with zero attached hydrogens (tertiary/aromatic N) is 2. The second-order valence-electron chi connectivity index (χ2n) is 11.2. The summed E-state index contributed by atoms with van der Waals surface area (Å²) in [5.41, 5.74) is 10.1. The molecular weight excluding hydrogens is 586 g/mol. The molecule has 2 aromatic carbocycles. The Labute approximate surface area is 271 Å². The number of nitrogens with two attached hydrogens (primary N) is 1. The van der Waals surface area contributed by atoms with E-state index >= 15 is 0 Å². The summed E-state index contributed by atoms with van der Waals surface area (Å²) < 4.78 is 27.4. The average Bonchev–Trinajstić information content (AvgIpc) is 3.00. The first-order chi connectivity index (χ1) is 21.9. The van der Waals surface area contributed by atoms with Gasteiger partial charge in [-0.2, -0.15) is 0 Å². The second-order valence-corrected chi connectivity index (χ2v) is 11.2. The van der Waals surface area contributed by atoms with Crippen molar-refractivity contribution in [2.24, 2.45) is 5.73 Å². The number of benzene rings is 2. The van der Waals surface area contributed by atoms with Crippen LogP contribution in [-0.4, -0.2) is 58.6 Å². The molecule has 1 heterocycles. The zero-order chi connectivity index (χ0) is 34.2. The Kier molecular flexibility index (Phi) is 15.7. The Bertz CT molecular complexity index is 1500. The zero-order valence-corrected chi connectivity index (χ0v) is 27.4. The zero-order valence-electron chi connectivity index (χ0n) is 27.4. The van der Waals surface area contributed by atoms with E-state index in [0.717, 1.165) is 35.0 Å². The van der Waals surface area contributed by atoms with E-state index in [1.807, 2.05) is 31.2 Å². The SMILES string of the molecule is C=C(/C=C\C=C(/C)CN(C[C@@H](O)[C@@H](N)Cc1cc(F)cc(F)c1)C(=O)c1cc(C)cc(C(=O)NCC)c1)c1ccccn1.CCC. The minimum atomic E-state index is -1.21. The largest absolute Gasteiger partial charge is 0.390 e. The maximum absolute atomic E-state index is 13.8.